The zero-order valence-electron chi connectivity index (χ0n) is 14.7. The van der Waals surface area contributed by atoms with Crippen molar-refractivity contribution in [1.29, 1.82) is 0 Å². The average Bonchev–Trinajstić information content (AvgIpc) is 3.01. The fourth-order valence-electron chi connectivity index (χ4n) is 2.01. The van der Waals surface area contributed by atoms with Crippen LogP contribution in [0.2, 0.25) is 0 Å². The van der Waals surface area contributed by atoms with Gasteiger partial charge in [0, 0.05) is 32.2 Å². The minimum atomic E-state index is -0.0964. The van der Waals surface area contributed by atoms with Gasteiger partial charge in [0.15, 0.2) is 11.5 Å². The first kappa shape index (κ1) is 19.1. The van der Waals surface area contributed by atoms with E-state index in [9.17, 15) is 0 Å². The Morgan fingerprint density at radius 2 is 1.88 bits per heavy atom. The molecule has 0 aliphatic carbocycles. The van der Waals surface area contributed by atoms with Crippen molar-refractivity contribution in [1.82, 2.24) is 0 Å². The predicted octanol–water partition coefficient (Wildman–Crippen LogP) is 3.35. The van der Waals surface area contributed by atoms with Gasteiger partial charge in [-0.15, -0.1) is 0 Å². The first-order valence-electron chi connectivity index (χ1n) is 7.96. The number of fused-ring (bicyclic) bond motifs is 1. The number of benzene rings is 1. The van der Waals surface area contributed by atoms with Crippen molar-refractivity contribution in [2.24, 2.45) is 11.1 Å². The van der Waals surface area contributed by atoms with Gasteiger partial charge in [-0.05, 0) is 21.3 Å². The van der Waals surface area contributed by atoms with E-state index in [4.69, 9.17) is 29.4 Å². The highest BCUT2D eigenvalue weighted by molar-refractivity contribution is 9.10. The lowest BCUT2D eigenvalue weighted by Crippen LogP contribution is -2.40. The molecule has 0 unspecified atom stereocenters. The monoisotopic (exact) mass is 403 g/mol. The third kappa shape index (κ3) is 4.68. The number of hydrogen-bond donors (Lipinski definition) is 1. The summed E-state index contributed by atoms with van der Waals surface area (Å²) in [5, 5.41) is 0. The Morgan fingerprint density at radius 3 is 2.54 bits per heavy atom. The summed E-state index contributed by atoms with van der Waals surface area (Å²) < 4.78 is 28.5. The van der Waals surface area contributed by atoms with Gasteiger partial charge in [-0.2, -0.15) is 0 Å². The van der Waals surface area contributed by atoms with Gasteiger partial charge in [0.25, 0.3) is 0 Å². The SMILES string of the molecule is COCCCOc1cc(OC[C@H](N)C(C)(C)C)c(Br)c2c1OCO2. The van der Waals surface area contributed by atoms with Crippen LogP contribution in [0.15, 0.2) is 10.5 Å². The summed E-state index contributed by atoms with van der Waals surface area (Å²) in [5.41, 5.74) is 6.13. The van der Waals surface area contributed by atoms with Gasteiger partial charge in [0.2, 0.25) is 12.5 Å². The summed E-state index contributed by atoms with van der Waals surface area (Å²) >= 11 is 3.51. The third-order valence-electron chi connectivity index (χ3n) is 3.80. The van der Waals surface area contributed by atoms with Gasteiger partial charge in [0.1, 0.15) is 16.8 Å². The molecule has 0 aromatic heterocycles. The molecule has 1 aromatic rings. The van der Waals surface area contributed by atoms with Crippen molar-refractivity contribution >= 4 is 15.9 Å². The molecule has 1 aliphatic heterocycles. The Balaban J connectivity index is 2.13. The van der Waals surface area contributed by atoms with Crippen LogP contribution in [0.5, 0.6) is 23.0 Å². The molecule has 0 amide bonds. The van der Waals surface area contributed by atoms with Crippen LogP contribution in [0.3, 0.4) is 0 Å². The van der Waals surface area contributed by atoms with E-state index in [1.807, 2.05) is 0 Å². The summed E-state index contributed by atoms with van der Waals surface area (Å²) in [6, 6.07) is 1.71. The smallest absolute Gasteiger partial charge is 0.231 e. The molecule has 0 saturated heterocycles. The maximum Gasteiger partial charge on any atom is 0.231 e. The van der Waals surface area contributed by atoms with E-state index >= 15 is 0 Å². The minimum Gasteiger partial charge on any atom is -0.490 e. The highest BCUT2D eigenvalue weighted by Crippen LogP contribution is 2.50. The summed E-state index contributed by atoms with van der Waals surface area (Å²) in [4.78, 5) is 0. The summed E-state index contributed by atoms with van der Waals surface area (Å²) in [6.45, 7) is 7.96. The third-order valence-corrected chi connectivity index (χ3v) is 4.55. The molecule has 7 heteroatoms. The van der Waals surface area contributed by atoms with Gasteiger partial charge >= 0.3 is 0 Å². The van der Waals surface area contributed by atoms with Crippen molar-refractivity contribution in [3.8, 4) is 23.0 Å². The van der Waals surface area contributed by atoms with E-state index < -0.39 is 0 Å². The van der Waals surface area contributed by atoms with Crippen molar-refractivity contribution in [2.45, 2.75) is 33.2 Å². The second kappa shape index (κ2) is 8.27. The van der Waals surface area contributed by atoms with E-state index in [1.54, 1.807) is 13.2 Å². The zero-order chi connectivity index (χ0) is 17.7. The Kier molecular flexibility index (Phi) is 6.60. The van der Waals surface area contributed by atoms with Crippen LogP contribution in [0, 0.1) is 5.41 Å². The molecular weight excluding hydrogens is 378 g/mol. The molecule has 0 radical (unpaired) electrons. The molecule has 0 spiro atoms. The van der Waals surface area contributed by atoms with Crippen LogP contribution in [0.4, 0.5) is 0 Å². The molecule has 1 heterocycles. The van der Waals surface area contributed by atoms with Crippen molar-refractivity contribution in [3.63, 3.8) is 0 Å². The van der Waals surface area contributed by atoms with Crippen molar-refractivity contribution < 1.29 is 23.7 Å². The van der Waals surface area contributed by atoms with Crippen LogP contribution in [-0.2, 0) is 4.74 Å². The largest absolute Gasteiger partial charge is 0.490 e. The van der Waals surface area contributed by atoms with E-state index in [-0.39, 0.29) is 18.2 Å². The number of hydrogen-bond acceptors (Lipinski definition) is 6. The van der Waals surface area contributed by atoms with Crippen LogP contribution in [0.25, 0.3) is 0 Å². The van der Waals surface area contributed by atoms with Crippen LogP contribution in [-0.4, -0.2) is 39.8 Å². The molecule has 6 nitrogen and oxygen atoms in total. The van der Waals surface area contributed by atoms with Gasteiger partial charge in [-0.3, -0.25) is 0 Å². The first-order chi connectivity index (χ1) is 11.3. The summed E-state index contributed by atoms with van der Waals surface area (Å²) in [5.74, 6) is 2.41. The Hall–Kier alpha value is -1.18. The topological polar surface area (TPSA) is 72.2 Å². The maximum atomic E-state index is 6.17. The lowest BCUT2D eigenvalue weighted by Gasteiger charge is -2.27. The van der Waals surface area contributed by atoms with E-state index in [1.165, 1.54) is 0 Å². The quantitative estimate of drug-likeness (QED) is 0.670. The van der Waals surface area contributed by atoms with E-state index in [2.05, 4.69) is 36.7 Å². The highest BCUT2D eigenvalue weighted by atomic mass is 79.9. The highest BCUT2D eigenvalue weighted by Gasteiger charge is 2.27. The molecule has 136 valence electrons. The molecule has 0 saturated carbocycles. The molecule has 1 atom stereocenters. The standard InChI is InChI=1S/C17H26BrNO5/c1-17(2,3)13(19)9-22-11-8-12(21-7-5-6-20-4)15-16(14(11)18)24-10-23-15/h8,13H,5-7,9-10,19H2,1-4H3/t13-/m0/s1. The molecular formula is C17H26BrNO5. The van der Waals surface area contributed by atoms with Gasteiger partial charge in [-0.25, -0.2) is 0 Å². The predicted molar refractivity (Wildman–Crippen MR) is 95.2 cm³/mol. The minimum absolute atomic E-state index is 0.0394. The molecule has 2 N–H and O–H groups in total. The molecule has 0 fully saturated rings. The number of ether oxygens (including phenoxy) is 5. The normalized spacial score (nSPS) is 14.6. The lowest BCUT2D eigenvalue weighted by atomic mass is 9.88. The molecule has 0 bridgehead atoms. The average molecular weight is 404 g/mol. The molecule has 2 rings (SSSR count). The van der Waals surface area contributed by atoms with Crippen LogP contribution in [0.1, 0.15) is 27.2 Å². The Labute approximate surface area is 151 Å². The van der Waals surface area contributed by atoms with Crippen LogP contribution < -0.4 is 24.7 Å². The van der Waals surface area contributed by atoms with Gasteiger partial charge in [-0.1, -0.05) is 20.8 Å². The first-order valence-corrected chi connectivity index (χ1v) is 8.76. The molecule has 24 heavy (non-hydrogen) atoms. The van der Waals surface area contributed by atoms with E-state index in [0.29, 0.717) is 47.3 Å². The van der Waals surface area contributed by atoms with Gasteiger partial charge in [0.05, 0.1) is 6.61 Å². The lowest BCUT2D eigenvalue weighted by molar-refractivity contribution is 0.161. The van der Waals surface area contributed by atoms with E-state index in [0.717, 1.165) is 6.42 Å². The second-order valence-electron chi connectivity index (χ2n) is 6.73. The number of nitrogens with two attached hydrogens (primary N) is 1. The Morgan fingerprint density at radius 1 is 1.17 bits per heavy atom. The fourth-order valence-corrected chi connectivity index (χ4v) is 2.53. The second-order valence-corrected chi connectivity index (χ2v) is 7.52. The summed E-state index contributed by atoms with van der Waals surface area (Å²) in [6.07, 6.45) is 0.785. The van der Waals surface area contributed by atoms with Gasteiger partial charge < -0.3 is 29.4 Å². The van der Waals surface area contributed by atoms with Crippen molar-refractivity contribution in [2.75, 3.05) is 33.7 Å². The number of methoxy groups -OCH3 is 1. The van der Waals surface area contributed by atoms with Crippen LogP contribution >= 0.6 is 15.9 Å². The zero-order valence-corrected chi connectivity index (χ0v) is 16.3. The molecule has 1 aliphatic rings. The Bertz CT molecular complexity index is 559. The van der Waals surface area contributed by atoms with Crippen molar-refractivity contribution in [3.05, 3.63) is 10.5 Å². The number of halogens is 1. The number of rotatable bonds is 8. The maximum absolute atomic E-state index is 6.17. The molecule has 1 aromatic carbocycles. The fraction of sp³-hybridized carbons (Fsp3) is 0.647. The summed E-state index contributed by atoms with van der Waals surface area (Å²) in [7, 11) is 1.67.